The highest BCUT2D eigenvalue weighted by molar-refractivity contribution is 9.10. The van der Waals surface area contributed by atoms with Crippen LogP contribution in [0.1, 0.15) is 5.82 Å². The van der Waals surface area contributed by atoms with Gasteiger partial charge in [0.2, 0.25) is 0 Å². The van der Waals surface area contributed by atoms with Crippen LogP contribution in [-0.4, -0.2) is 19.3 Å². The molecular weight excluding hydrogens is 318 g/mol. The van der Waals surface area contributed by atoms with Crippen LogP contribution in [0, 0.1) is 0 Å². The maximum absolute atomic E-state index is 4.31. The molecule has 0 unspecified atom stereocenters. The van der Waals surface area contributed by atoms with E-state index >= 15 is 0 Å². The average Bonchev–Trinajstić information content (AvgIpc) is 3.08. The SMILES string of the molecule is Cn1ccnc1CNc1cc(Br)ccc1-n1cccn1. The Morgan fingerprint density at radius 3 is 2.85 bits per heavy atom. The normalized spacial score (nSPS) is 10.7. The minimum absolute atomic E-state index is 0.661. The Morgan fingerprint density at radius 1 is 1.25 bits per heavy atom. The molecule has 0 atom stereocenters. The standard InChI is InChI=1S/C14H14BrN5/c1-19-8-6-16-14(19)10-17-12-9-11(15)3-4-13(12)20-7-2-5-18-20/h2-9,17H,10H2,1H3. The second-order valence-electron chi connectivity index (χ2n) is 4.42. The first-order chi connectivity index (χ1) is 9.74. The molecule has 3 aromatic rings. The van der Waals surface area contributed by atoms with Crippen molar-refractivity contribution in [1.29, 1.82) is 0 Å². The summed E-state index contributed by atoms with van der Waals surface area (Å²) in [4.78, 5) is 4.31. The van der Waals surface area contributed by atoms with Crippen molar-refractivity contribution in [3.05, 3.63) is 59.3 Å². The van der Waals surface area contributed by atoms with Gasteiger partial charge in [-0.05, 0) is 24.3 Å². The Balaban J connectivity index is 1.88. The highest BCUT2D eigenvalue weighted by Gasteiger charge is 2.07. The number of nitrogens with zero attached hydrogens (tertiary/aromatic N) is 4. The first-order valence-corrected chi connectivity index (χ1v) is 7.03. The third-order valence-electron chi connectivity index (χ3n) is 3.07. The summed E-state index contributed by atoms with van der Waals surface area (Å²) in [6.07, 6.45) is 7.43. The zero-order valence-corrected chi connectivity index (χ0v) is 12.6. The van der Waals surface area contributed by atoms with E-state index in [-0.39, 0.29) is 0 Å². The summed E-state index contributed by atoms with van der Waals surface area (Å²) in [5.41, 5.74) is 2.01. The van der Waals surface area contributed by atoms with E-state index in [9.17, 15) is 0 Å². The Labute approximate surface area is 125 Å². The molecule has 0 spiro atoms. The van der Waals surface area contributed by atoms with E-state index in [0.717, 1.165) is 21.7 Å². The fraction of sp³-hybridized carbons (Fsp3) is 0.143. The molecular formula is C14H14BrN5. The van der Waals surface area contributed by atoms with E-state index in [1.807, 2.05) is 53.0 Å². The van der Waals surface area contributed by atoms with Crippen molar-refractivity contribution in [1.82, 2.24) is 19.3 Å². The molecule has 1 aromatic carbocycles. The molecule has 5 nitrogen and oxygen atoms in total. The van der Waals surface area contributed by atoms with Gasteiger partial charge in [-0.3, -0.25) is 0 Å². The lowest BCUT2D eigenvalue weighted by Gasteiger charge is -2.12. The molecule has 1 N–H and O–H groups in total. The van der Waals surface area contributed by atoms with Crippen LogP contribution in [0.5, 0.6) is 0 Å². The number of imidazole rings is 1. The molecule has 3 rings (SSSR count). The number of nitrogens with one attached hydrogen (secondary N) is 1. The second kappa shape index (κ2) is 5.50. The fourth-order valence-corrected chi connectivity index (χ4v) is 2.36. The number of hydrogen-bond donors (Lipinski definition) is 1. The molecule has 0 amide bonds. The van der Waals surface area contributed by atoms with E-state index in [2.05, 4.69) is 31.3 Å². The lowest BCUT2D eigenvalue weighted by molar-refractivity contribution is 0.810. The maximum Gasteiger partial charge on any atom is 0.127 e. The molecule has 0 aliphatic carbocycles. The minimum atomic E-state index is 0.661. The van der Waals surface area contributed by atoms with Crippen molar-refractivity contribution in [3.63, 3.8) is 0 Å². The van der Waals surface area contributed by atoms with Gasteiger partial charge in [-0.15, -0.1) is 0 Å². The molecule has 2 aromatic heterocycles. The Morgan fingerprint density at radius 2 is 2.15 bits per heavy atom. The molecule has 2 heterocycles. The Hall–Kier alpha value is -2.08. The maximum atomic E-state index is 4.31. The zero-order chi connectivity index (χ0) is 13.9. The van der Waals surface area contributed by atoms with Crippen LogP contribution >= 0.6 is 15.9 Å². The number of benzene rings is 1. The van der Waals surface area contributed by atoms with Crippen LogP contribution in [0.15, 0.2) is 53.5 Å². The third-order valence-corrected chi connectivity index (χ3v) is 3.56. The molecule has 0 saturated heterocycles. The van der Waals surface area contributed by atoms with E-state index in [1.165, 1.54) is 0 Å². The lowest BCUT2D eigenvalue weighted by atomic mass is 10.2. The highest BCUT2D eigenvalue weighted by atomic mass is 79.9. The number of halogens is 1. The zero-order valence-electron chi connectivity index (χ0n) is 11.0. The first kappa shape index (κ1) is 12.9. The molecule has 0 aliphatic rings. The quantitative estimate of drug-likeness (QED) is 0.799. The summed E-state index contributed by atoms with van der Waals surface area (Å²) >= 11 is 3.50. The Kier molecular flexibility index (Phi) is 3.56. The van der Waals surface area contributed by atoms with Gasteiger partial charge in [-0.2, -0.15) is 5.10 Å². The van der Waals surface area contributed by atoms with Gasteiger partial charge < -0.3 is 9.88 Å². The molecule has 0 radical (unpaired) electrons. The number of aryl methyl sites for hydroxylation is 1. The van der Waals surface area contributed by atoms with E-state index in [1.54, 1.807) is 12.4 Å². The minimum Gasteiger partial charge on any atom is -0.376 e. The largest absolute Gasteiger partial charge is 0.376 e. The van der Waals surface area contributed by atoms with Crippen molar-refractivity contribution in [2.75, 3.05) is 5.32 Å². The monoisotopic (exact) mass is 331 g/mol. The highest BCUT2D eigenvalue weighted by Crippen LogP contribution is 2.24. The molecule has 102 valence electrons. The topological polar surface area (TPSA) is 47.7 Å². The van der Waals surface area contributed by atoms with Gasteiger partial charge in [0.1, 0.15) is 5.82 Å². The second-order valence-corrected chi connectivity index (χ2v) is 5.34. The van der Waals surface area contributed by atoms with Crippen LogP contribution in [0.2, 0.25) is 0 Å². The first-order valence-electron chi connectivity index (χ1n) is 6.23. The number of anilines is 1. The molecule has 20 heavy (non-hydrogen) atoms. The molecule has 0 saturated carbocycles. The summed E-state index contributed by atoms with van der Waals surface area (Å²) < 4.78 is 4.86. The summed E-state index contributed by atoms with van der Waals surface area (Å²) in [5.74, 6) is 0.983. The van der Waals surface area contributed by atoms with Gasteiger partial charge in [0, 0.05) is 36.3 Å². The summed E-state index contributed by atoms with van der Waals surface area (Å²) in [6.45, 7) is 0.661. The molecule has 6 heteroatoms. The van der Waals surface area contributed by atoms with Crippen molar-refractivity contribution in [2.24, 2.45) is 7.05 Å². The van der Waals surface area contributed by atoms with Gasteiger partial charge in [-0.1, -0.05) is 15.9 Å². The molecule has 0 fully saturated rings. The third kappa shape index (κ3) is 2.60. The van der Waals surface area contributed by atoms with Crippen LogP contribution in [0.25, 0.3) is 5.69 Å². The number of aromatic nitrogens is 4. The lowest BCUT2D eigenvalue weighted by Crippen LogP contribution is -2.08. The van der Waals surface area contributed by atoms with Gasteiger partial charge in [-0.25, -0.2) is 9.67 Å². The smallest absolute Gasteiger partial charge is 0.127 e. The van der Waals surface area contributed by atoms with E-state index < -0.39 is 0 Å². The molecule has 0 aliphatic heterocycles. The van der Waals surface area contributed by atoms with Crippen LogP contribution < -0.4 is 5.32 Å². The van der Waals surface area contributed by atoms with Gasteiger partial charge in [0.05, 0.1) is 17.9 Å². The van der Waals surface area contributed by atoms with Gasteiger partial charge in [0.15, 0.2) is 0 Å². The van der Waals surface area contributed by atoms with Crippen molar-refractivity contribution >= 4 is 21.6 Å². The number of rotatable bonds is 4. The van der Waals surface area contributed by atoms with Crippen molar-refractivity contribution in [2.45, 2.75) is 6.54 Å². The average molecular weight is 332 g/mol. The molecule has 0 bridgehead atoms. The summed E-state index contributed by atoms with van der Waals surface area (Å²) in [7, 11) is 1.99. The summed E-state index contributed by atoms with van der Waals surface area (Å²) in [6, 6.07) is 7.98. The van der Waals surface area contributed by atoms with E-state index in [4.69, 9.17) is 0 Å². The fourth-order valence-electron chi connectivity index (χ4n) is 2.00. The van der Waals surface area contributed by atoms with Crippen LogP contribution in [0.4, 0.5) is 5.69 Å². The predicted molar refractivity (Wildman–Crippen MR) is 81.8 cm³/mol. The van der Waals surface area contributed by atoms with Crippen molar-refractivity contribution in [3.8, 4) is 5.69 Å². The van der Waals surface area contributed by atoms with E-state index in [0.29, 0.717) is 6.54 Å². The Bertz CT molecular complexity index is 702. The van der Waals surface area contributed by atoms with Crippen molar-refractivity contribution < 1.29 is 0 Å². The number of hydrogen-bond acceptors (Lipinski definition) is 3. The van der Waals surface area contributed by atoms with Gasteiger partial charge >= 0.3 is 0 Å². The van der Waals surface area contributed by atoms with Crippen LogP contribution in [-0.2, 0) is 13.6 Å². The van der Waals surface area contributed by atoms with Gasteiger partial charge in [0.25, 0.3) is 0 Å². The van der Waals surface area contributed by atoms with Crippen LogP contribution in [0.3, 0.4) is 0 Å². The summed E-state index contributed by atoms with van der Waals surface area (Å²) in [5, 5.41) is 7.69. The predicted octanol–water partition coefficient (Wildman–Crippen LogP) is 2.98.